The number of amides is 3. The molecule has 1 aromatic rings. The molecule has 6 nitrogen and oxygen atoms in total. The highest BCUT2D eigenvalue weighted by Gasteiger charge is 2.41. The second kappa shape index (κ2) is 6.70. The number of nitrogens with zero attached hydrogens (tertiary/aromatic N) is 2. The van der Waals surface area contributed by atoms with Gasteiger partial charge in [-0.2, -0.15) is 0 Å². The summed E-state index contributed by atoms with van der Waals surface area (Å²) >= 11 is 3.48. The molecule has 0 bridgehead atoms. The lowest BCUT2D eigenvalue weighted by atomic mass is 10.1. The smallest absolute Gasteiger partial charge is 0.417 e. The lowest BCUT2D eigenvalue weighted by Crippen LogP contribution is -2.42. The van der Waals surface area contributed by atoms with Crippen LogP contribution in [0, 0.1) is 0 Å². The third-order valence-electron chi connectivity index (χ3n) is 4.23. The summed E-state index contributed by atoms with van der Waals surface area (Å²) < 4.78 is 5.73. The Kier molecular flexibility index (Phi) is 4.66. The van der Waals surface area contributed by atoms with Crippen molar-refractivity contribution in [3.63, 3.8) is 0 Å². The first kappa shape index (κ1) is 16.0. The number of imide groups is 1. The highest BCUT2D eigenvalue weighted by atomic mass is 79.9. The molecule has 3 rings (SSSR count). The zero-order chi connectivity index (χ0) is 16.4. The number of hydrogen-bond donors (Lipinski definition) is 0. The van der Waals surface area contributed by atoms with Gasteiger partial charge in [-0.3, -0.25) is 9.59 Å². The molecule has 1 aromatic carbocycles. The van der Waals surface area contributed by atoms with Crippen LogP contribution >= 0.6 is 15.9 Å². The Labute approximate surface area is 142 Å². The first-order valence-corrected chi connectivity index (χ1v) is 8.35. The third-order valence-corrected chi connectivity index (χ3v) is 5.01. The van der Waals surface area contributed by atoms with E-state index in [0.29, 0.717) is 32.4 Å². The van der Waals surface area contributed by atoms with Gasteiger partial charge in [0.1, 0.15) is 0 Å². The quantitative estimate of drug-likeness (QED) is 0.800. The summed E-state index contributed by atoms with van der Waals surface area (Å²) in [4.78, 5) is 38.5. The van der Waals surface area contributed by atoms with Crippen molar-refractivity contribution in [2.24, 2.45) is 0 Å². The van der Waals surface area contributed by atoms with Gasteiger partial charge in [-0.15, -0.1) is 0 Å². The predicted molar refractivity (Wildman–Crippen MR) is 85.6 cm³/mol. The number of carbonyl (C=O) groups excluding carboxylic acids is 3. The fourth-order valence-corrected chi connectivity index (χ4v) is 3.48. The summed E-state index contributed by atoms with van der Waals surface area (Å²) in [5.41, 5.74) is 1.09. The summed E-state index contributed by atoms with van der Waals surface area (Å²) in [6, 6.07) is 7.57. The van der Waals surface area contributed by atoms with Crippen molar-refractivity contribution in [3.8, 4) is 0 Å². The Morgan fingerprint density at radius 3 is 2.78 bits per heavy atom. The van der Waals surface area contributed by atoms with Gasteiger partial charge in [-0.25, -0.2) is 9.69 Å². The summed E-state index contributed by atoms with van der Waals surface area (Å²) in [5.74, 6) is -0.272. The van der Waals surface area contributed by atoms with Gasteiger partial charge in [-0.1, -0.05) is 34.1 Å². The minimum absolute atomic E-state index is 0.0447. The first-order chi connectivity index (χ1) is 11.1. The van der Waals surface area contributed by atoms with Crippen LogP contribution in [0.5, 0.6) is 0 Å². The average Bonchev–Trinajstić information content (AvgIpc) is 3.13. The third kappa shape index (κ3) is 3.39. The van der Waals surface area contributed by atoms with E-state index in [0.717, 1.165) is 14.9 Å². The number of hydrogen-bond acceptors (Lipinski definition) is 4. The molecule has 2 saturated heterocycles. The summed E-state index contributed by atoms with van der Waals surface area (Å²) in [6.45, 7) is 0.775. The van der Waals surface area contributed by atoms with E-state index in [9.17, 15) is 14.4 Å². The van der Waals surface area contributed by atoms with Gasteiger partial charge in [0.2, 0.25) is 5.91 Å². The van der Waals surface area contributed by atoms with Crippen molar-refractivity contribution in [1.29, 1.82) is 0 Å². The van der Waals surface area contributed by atoms with Crippen molar-refractivity contribution < 1.29 is 19.1 Å². The molecule has 0 aliphatic carbocycles. The number of rotatable bonds is 4. The summed E-state index contributed by atoms with van der Waals surface area (Å²) in [5, 5.41) is 0. The van der Waals surface area contributed by atoms with Crippen molar-refractivity contribution in [1.82, 2.24) is 9.80 Å². The minimum atomic E-state index is -0.595. The van der Waals surface area contributed by atoms with Gasteiger partial charge >= 0.3 is 6.09 Å². The molecule has 122 valence electrons. The molecule has 0 spiro atoms. The molecule has 2 heterocycles. The van der Waals surface area contributed by atoms with E-state index in [1.165, 1.54) is 0 Å². The van der Waals surface area contributed by atoms with Gasteiger partial charge in [-0.05, 0) is 24.5 Å². The number of carbonyl (C=O) groups is 3. The molecule has 1 atom stereocenters. The Morgan fingerprint density at radius 2 is 2.09 bits per heavy atom. The standard InChI is InChI=1S/C16H17BrN2O4/c17-13-4-2-1-3-11(13)5-6-14(20)18-8-7-12(9-18)19-15(21)10-23-16(19)22/h1-4,12H,5-10H2. The van der Waals surface area contributed by atoms with Crippen molar-refractivity contribution in [2.75, 3.05) is 19.7 Å². The largest absolute Gasteiger partial charge is 0.439 e. The molecule has 0 saturated carbocycles. The highest BCUT2D eigenvalue weighted by molar-refractivity contribution is 9.10. The second-order valence-corrected chi connectivity index (χ2v) is 6.55. The van der Waals surface area contributed by atoms with Crippen LogP contribution in [0.4, 0.5) is 4.79 Å². The van der Waals surface area contributed by atoms with E-state index >= 15 is 0 Å². The fraction of sp³-hybridized carbons (Fsp3) is 0.438. The lowest BCUT2D eigenvalue weighted by molar-refractivity contribution is -0.131. The van der Waals surface area contributed by atoms with Gasteiger partial charge < -0.3 is 9.64 Å². The van der Waals surface area contributed by atoms with E-state index in [2.05, 4.69) is 15.9 Å². The van der Waals surface area contributed by atoms with E-state index in [-0.39, 0.29) is 24.5 Å². The summed E-state index contributed by atoms with van der Waals surface area (Å²) in [6.07, 6.45) is 1.09. The van der Waals surface area contributed by atoms with E-state index < -0.39 is 6.09 Å². The van der Waals surface area contributed by atoms with E-state index in [1.54, 1.807) is 4.90 Å². The van der Waals surface area contributed by atoms with Gasteiger partial charge in [0.05, 0.1) is 6.04 Å². The SMILES string of the molecule is O=C(CCc1ccccc1Br)N1CCC(N2C(=O)COC2=O)C1. The van der Waals surface area contributed by atoms with Crippen LogP contribution in [0.25, 0.3) is 0 Å². The normalized spacial score (nSPS) is 21.0. The molecular weight excluding hydrogens is 364 g/mol. The maximum absolute atomic E-state index is 12.3. The van der Waals surface area contributed by atoms with Crippen LogP contribution < -0.4 is 0 Å². The molecule has 1 unspecified atom stereocenters. The monoisotopic (exact) mass is 380 g/mol. The predicted octanol–water partition coefficient (Wildman–Crippen LogP) is 1.96. The Morgan fingerprint density at radius 1 is 1.30 bits per heavy atom. The van der Waals surface area contributed by atoms with Crippen LogP contribution in [0.15, 0.2) is 28.7 Å². The van der Waals surface area contributed by atoms with E-state index in [1.807, 2.05) is 24.3 Å². The van der Waals surface area contributed by atoms with Crippen molar-refractivity contribution in [2.45, 2.75) is 25.3 Å². The zero-order valence-corrected chi connectivity index (χ0v) is 14.1. The average molecular weight is 381 g/mol. The Bertz CT molecular complexity index is 633. The molecule has 0 radical (unpaired) electrons. The molecule has 2 aliphatic rings. The number of aryl methyl sites for hydroxylation is 1. The summed E-state index contributed by atoms with van der Waals surface area (Å²) in [7, 11) is 0. The van der Waals surface area contributed by atoms with Crippen molar-refractivity contribution in [3.05, 3.63) is 34.3 Å². The van der Waals surface area contributed by atoms with Gasteiger partial charge in [0.15, 0.2) is 6.61 Å². The van der Waals surface area contributed by atoms with Gasteiger partial charge in [0.25, 0.3) is 5.91 Å². The van der Waals surface area contributed by atoms with E-state index in [4.69, 9.17) is 4.74 Å². The Hall–Kier alpha value is -1.89. The maximum atomic E-state index is 12.3. The lowest BCUT2D eigenvalue weighted by Gasteiger charge is -2.20. The molecule has 7 heteroatoms. The van der Waals surface area contributed by atoms with Crippen LogP contribution in [0.1, 0.15) is 18.4 Å². The molecular formula is C16H17BrN2O4. The number of benzene rings is 1. The fourth-order valence-electron chi connectivity index (χ4n) is 3.00. The van der Waals surface area contributed by atoms with Crippen LogP contribution in [0.3, 0.4) is 0 Å². The van der Waals surface area contributed by atoms with Gasteiger partial charge in [0, 0.05) is 24.0 Å². The van der Waals surface area contributed by atoms with Crippen LogP contribution in [-0.2, 0) is 20.7 Å². The molecule has 2 aliphatic heterocycles. The van der Waals surface area contributed by atoms with Crippen LogP contribution in [-0.4, -0.2) is 53.4 Å². The molecule has 0 N–H and O–H groups in total. The topological polar surface area (TPSA) is 66.9 Å². The zero-order valence-electron chi connectivity index (χ0n) is 12.5. The second-order valence-electron chi connectivity index (χ2n) is 5.69. The highest BCUT2D eigenvalue weighted by Crippen LogP contribution is 2.22. The number of cyclic esters (lactones) is 1. The first-order valence-electron chi connectivity index (χ1n) is 7.56. The number of likely N-dealkylation sites (tertiary alicyclic amines) is 1. The van der Waals surface area contributed by atoms with Crippen LogP contribution in [0.2, 0.25) is 0 Å². The molecule has 3 amide bonds. The Balaban J connectivity index is 1.54. The van der Waals surface area contributed by atoms with Crippen molar-refractivity contribution >= 4 is 33.8 Å². The number of ether oxygens (including phenoxy) is 1. The maximum Gasteiger partial charge on any atom is 0.417 e. The number of halogens is 1. The molecule has 2 fully saturated rings. The molecule has 23 heavy (non-hydrogen) atoms. The minimum Gasteiger partial charge on any atom is -0.439 e. The molecule has 0 aromatic heterocycles.